The summed E-state index contributed by atoms with van der Waals surface area (Å²) < 4.78 is 60.7. The maximum absolute atomic E-state index is 13.2. The van der Waals surface area contributed by atoms with E-state index in [1.54, 1.807) is 31.2 Å². The number of methoxy groups -OCH3 is 1. The molecule has 0 aliphatic carbocycles. The molecule has 0 bridgehead atoms. The number of anilines is 1. The van der Waals surface area contributed by atoms with Crippen molar-refractivity contribution >= 4 is 38.7 Å². The number of benzene rings is 3. The van der Waals surface area contributed by atoms with Gasteiger partial charge in [-0.25, -0.2) is 22.4 Å². The number of nitrogens with two attached hydrogens (primary N) is 1. The van der Waals surface area contributed by atoms with Crippen molar-refractivity contribution in [1.82, 2.24) is 0 Å². The Kier molecular flexibility index (Phi) is 7.26. The zero-order chi connectivity index (χ0) is 27.6. The second-order valence-corrected chi connectivity index (χ2v) is 9.95. The van der Waals surface area contributed by atoms with Crippen LogP contribution in [0.5, 0.6) is 17.2 Å². The molecule has 0 fully saturated rings. The molecule has 1 heterocycles. The van der Waals surface area contributed by atoms with Crippen molar-refractivity contribution in [2.75, 3.05) is 24.2 Å². The molecule has 10 nitrogen and oxygen atoms in total. The van der Waals surface area contributed by atoms with Crippen LogP contribution in [0.2, 0.25) is 0 Å². The van der Waals surface area contributed by atoms with Crippen molar-refractivity contribution in [2.45, 2.75) is 6.92 Å². The van der Waals surface area contributed by atoms with Crippen LogP contribution >= 0.6 is 0 Å². The zero-order valence-corrected chi connectivity index (χ0v) is 21.4. The van der Waals surface area contributed by atoms with Crippen molar-refractivity contribution < 1.29 is 41.0 Å². The monoisotopic (exact) mass is 542 g/mol. The van der Waals surface area contributed by atoms with Crippen LogP contribution in [-0.4, -0.2) is 40.4 Å². The Labute approximate surface area is 217 Å². The number of halogens is 1. The molecule has 0 unspecified atom stereocenters. The Balaban J connectivity index is 1.84. The normalized spacial score (nSPS) is 11.3. The van der Waals surface area contributed by atoms with E-state index < -0.39 is 27.9 Å². The fourth-order valence-electron chi connectivity index (χ4n) is 3.92. The van der Waals surface area contributed by atoms with Crippen molar-refractivity contribution in [3.8, 4) is 28.6 Å². The number of furan rings is 1. The van der Waals surface area contributed by atoms with E-state index >= 15 is 0 Å². The predicted molar refractivity (Wildman–Crippen MR) is 138 cm³/mol. The molecular weight excluding hydrogens is 519 g/mol. The smallest absolute Gasteiger partial charge is 0.412 e. The van der Waals surface area contributed by atoms with Gasteiger partial charge in [0, 0.05) is 23.6 Å². The number of esters is 1. The van der Waals surface area contributed by atoms with Gasteiger partial charge in [0.1, 0.15) is 40.0 Å². The number of rotatable bonds is 8. The molecule has 0 aliphatic heterocycles. The highest BCUT2D eigenvalue weighted by Gasteiger charge is 2.28. The molecule has 4 aromatic rings. The van der Waals surface area contributed by atoms with Crippen LogP contribution < -0.4 is 19.5 Å². The van der Waals surface area contributed by atoms with Gasteiger partial charge in [-0.2, -0.15) is 0 Å². The van der Waals surface area contributed by atoms with Crippen molar-refractivity contribution in [2.24, 2.45) is 5.73 Å². The number of hydrogen-bond donors (Lipinski definition) is 1. The lowest BCUT2D eigenvalue weighted by atomic mass is 10.0. The van der Waals surface area contributed by atoms with Crippen LogP contribution in [0.4, 0.5) is 14.9 Å². The van der Waals surface area contributed by atoms with E-state index in [-0.39, 0.29) is 40.3 Å². The van der Waals surface area contributed by atoms with Crippen LogP contribution in [0.1, 0.15) is 17.3 Å². The largest absolute Gasteiger partial charge is 0.495 e. The molecule has 4 rings (SSSR count). The van der Waals surface area contributed by atoms with Crippen LogP contribution in [0.15, 0.2) is 65.1 Å². The van der Waals surface area contributed by atoms with Crippen LogP contribution in [-0.2, 0) is 14.8 Å². The number of hydrogen-bond acceptors (Lipinski definition) is 8. The maximum atomic E-state index is 13.2. The number of fused-ring (bicyclic) bond motifs is 1. The summed E-state index contributed by atoms with van der Waals surface area (Å²) in [7, 11) is -2.32. The van der Waals surface area contributed by atoms with Gasteiger partial charge in [0.05, 0.1) is 19.1 Å². The number of sulfonamides is 1. The van der Waals surface area contributed by atoms with Gasteiger partial charge >= 0.3 is 12.1 Å². The Morgan fingerprint density at radius 1 is 1.03 bits per heavy atom. The summed E-state index contributed by atoms with van der Waals surface area (Å²) in [5, 5.41) is 0.211. The molecule has 3 aromatic carbocycles. The minimum absolute atomic E-state index is 0.0428. The second kappa shape index (κ2) is 10.4. The van der Waals surface area contributed by atoms with Gasteiger partial charge in [-0.15, -0.1) is 0 Å². The van der Waals surface area contributed by atoms with E-state index in [0.717, 1.165) is 10.6 Å². The minimum Gasteiger partial charge on any atom is -0.495 e. The Morgan fingerprint density at radius 2 is 1.63 bits per heavy atom. The predicted octanol–water partition coefficient (Wildman–Crippen LogP) is 5.06. The first-order chi connectivity index (χ1) is 18.0. The van der Waals surface area contributed by atoms with Crippen LogP contribution in [0, 0.1) is 5.82 Å². The molecular formula is C26H23FN2O8S. The minimum atomic E-state index is -3.67. The summed E-state index contributed by atoms with van der Waals surface area (Å²) in [5.41, 5.74) is 5.71. The summed E-state index contributed by atoms with van der Waals surface area (Å²) in [6, 6.07) is 14.7. The Bertz CT molecular complexity index is 1610. The summed E-state index contributed by atoms with van der Waals surface area (Å²) in [5.74, 6) is -0.433. The summed E-state index contributed by atoms with van der Waals surface area (Å²) in [4.78, 5) is 24.3. The third-order valence-electron chi connectivity index (χ3n) is 5.51. The standard InChI is InChI=1S/C26H23FN2O8S/c1-4-29(38(3,32)33)20-14-21-19(13-22(20)34-2)23(25(30)37-26(28)31)24(36-21)15-5-9-17(10-6-15)35-18-11-7-16(27)8-12-18/h5-14H,4H2,1-3H3,(H2,28,31). The summed E-state index contributed by atoms with van der Waals surface area (Å²) >= 11 is 0. The fourth-order valence-corrected chi connectivity index (χ4v) is 4.88. The van der Waals surface area contributed by atoms with Gasteiger partial charge in [-0.3, -0.25) is 4.31 Å². The molecule has 198 valence electrons. The third-order valence-corrected chi connectivity index (χ3v) is 6.76. The van der Waals surface area contributed by atoms with Crippen molar-refractivity contribution in [3.63, 3.8) is 0 Å². The number of nitrogens with zero attached hydrogens (tertiary/aromatic N) is 1. The molecule has 0 saturated heterocycles. The first kappa shape index (κ1) is 26.5. The summed E-state index contributed by atoms with van der Waals surface area (Å²) in [6.07, 6.45) is -0.255. The maximum Gasteiger partial charge on any atom is 0.412 e. The average Bonchev–Trinajstić information content (AvgIpc) is 3.23. The quantitative estimate of drug-likeness (QED) is 0.241. The number of ether oxygens (including phenoxy) is 3. The SMILES string of the molecule is CCN(c1cc2oc(-c3ccc(Oc4ccc(F)cc4)cc3)c(C(=O)OC(N)=O)c2cc1OC)S(C)(=O)=O. The lowest BCUT2D eigenvalue weighted by molar-refractivity contribution is 0.0640. The second-order valence-electron chi connectivity index (χ2n) is 8.04. The molecule has 12 heteroatoms. The molecule has 0 saturated carbocycles. The molecule has 0 atom stereocenters. The van der Waals surface area contributed by atoms with Gasteiger partial charge in [-0.1, -0.05) is 0 Å². The highest BCUT2D eigenvalue weighted by molar-refractivity contribution is 7.92. The number of amides is 1. The van der Waals surface area contributed by atoms with Crippen molar-refractivity contribution in [1.29, 1.82) is 0 Å². The van der Waals surface area contributed by atoms with E-state index in [9.17, 15) is 22.4 Å². The highest BCUT2D eigenvalue weighted by Crippen LogP contribution is 2.41. The first-order valence-electron chi connectivity index (χ1n) is 11.2. The van der Waals surface area contributed by atoms with Gasteiger partial charge < -0.3 is 24.4 Å². The van der Waals surface area contributed by atoms with Gasteiger partial charge in [0.25, 0.3) is 0 Å². The topological polar surface area (TPSA) is 138 Å². The molecule has 0 radical (unpaired) electrons. The molecule has 2 N–H and O–H groups in total. The van der Waals surface area contributed by atoms with Gasteiger partial charge in [0.15, 0.2) is 0 Å². The number of carbonyl (C=O) groups is 2. The van der Waals surface area contributed by atoms with E-state index in [2.05, 4.69) is 4.74 Å². The third kappa shape index (κ3) is 5.39. The molecule has 0 aliphatic rings. The zero-order valence-electron chi connectivity index (χ0n) is 20.6. The fraction of sp³-hybridized carbons (Fsp3) is 0.154. The van der Waals surface area contributed by atoms with E-state index in [4.69, 9.17) is 19.6 Å². The Hall–Kier alpha value is -4.58. The van der Waals surface area contributed by atoms with Gasteiger partial charge in [0.2, 0.25) is 10.0 Å². The lowest BCUT2D eigenvalue weighted by Crippen LogP contribution is -2.29. The molecule has 38 heavy (non-hydrogen) atoms. The first-order valence-corrected chi connectivity index (χ1v) is 13.0. The molecule has 1 amide bonds. The summed E-state index contributed by atoms with van der Waals surface area (Å²) in [6.45, 7) is 1.77. The number of carbonyl (C=O) groups excluding carboxylic acids is 2. The van der Waals surface area contributed by atoms with Crippen LogP contribution in [0.3, 0.4) is 0 Å². The van der Waals surface area contributed by atoms with Crippen LogP contribution in [0.25, 0.3) is 22.3 Å². The number of primary amides is 1. The van der Waals surface area contributed by atoms with E-state index in [0.29, 0.717) is 17.1 Å². The Morgan fingerprint density at radius 3 is 2.16 bits per heavy atom. The van der Waals surface area contributed by atoms with E-state index in [1.165, 1.54) is 43.5 Å². The molecule has 1 aromatic heterocycles. The highest BCUT2D eigenvalue weighted by atomic mass is 32.2. The van der Waals surface area contributed by atoms with E-state index in [1.807, 2.05) is 0 Å². The molecule has 0 spiro atoms. The lowest BCUT2D eigenvalue weighted by Gasteiger charge is -2.22. The van der Waals surface area contributed by atoms with Gasteiger partial charge in [-0.05, 0) is 61.5 Å². The van der Waals surface area contributed by atoms with Crippen molar-refractivity contribution in [3.05, 3.63) is 72.0 Å². The average molecular weight is 543 g/mol.